The second-order valence-electron chi connectivity index (χ2n) is 6.44. The molecule has 28 heavy (non-hydrogen) atoms. The van der Waals surface area contributed by atoms with Crippen LogP contribution in [-0.2, 0) is 10.0 Å². The van der Waals surface area contributed by atoms with Gasteiger partial charge in [-0.05, 0) is 67.8 Å². The number of para-hydroxylation sites is 1. The highest BCUT2D eigenvalue weighted by molar-refractivity contribution is 7.92. The number of anilines is 3. The van der Waals surface area contributed by atoms with Crippen LogP contribution >= 0.6 is 0 Å². The lowest BCUT2D eigenvalue weighted by molar-refractivity contribution is 0.411. The van der Waals surface area contributed by atoms with Crippen molar-refractivity contribution in [3.63, 3.8) is 0 Å². The number of benzene rings is 2. The van der Waals surface area contributed by atoms with Crippen LogP contribution in [0.4, 0.5) is 17.3 Å². The van der Waals surface area contributed by atoms with Gasteiger partial charge in [0, 0.05) is 5.69 Å². The Bertz CT molecular complexity index is 1100. The Balaban J connectivity index is 1.80. The van der Waals surface area contributed by atoms with Crippen LogP contribution < -0.4 is 14.8 Å². The van der Waals surface area contributed by atoms with Gasteiger partial charge in [-0.2, -0.15) is 0 Å². The maximum absolute atomic E-state index is 12.8. The van der Waals surface area contributed by atoms with E-state index < -0.39 is 10.0 Å². The maximum Gasteiger partial charge on any atom is 0.263 e. The van der Waals surface area contributed by atoms with Gasteiger partial charge in [0.15, 0.2) is 11.6 Å². The summed E-state index contributed by atoms with van der Waals surface area (Å²) in [7, 11) is -2.25. The van der Waals surface area contributed by atoms with Crippen molar-refractivity contribution in [3.05, 3.63) is 65.2 Å². The third kappa shape index (κ3) is 4.23. The number of ether oxygens (including phenoxy) is 1. The van der Waals surface area contributed by atoms with E-state index in [1.165, 1.54) is 0 Å². The highest BCUT2D eigenvalue weighted by Gasteiger charge is 2.19. The molecular weight excluding hydrogens is 376 g/mol. The first kappa shape index (κ1) is 19.6. The number of methoxy groups -OCH3 is 1. The average Bonchev–Trinajstić information content (AvgIpc) is 2.66. The van der Waals surface area contributed by atoms with Crippen molar-refractivity contribution in [1.29, 1.82) is 0 Å². The van der Waals surface area contributed by atoms with Crippen molar-refractivity contribution in [3.8, 4) is 5.75 Å². The minimum atomic E-state index is -3.80. The van der Waals surface area contributed by atoms with E-state index in [4.69, 9.17) is 4.74 Å². The summed E-state index contributed by atoms with van der Waals surface area (Å²) >= 11 is 0. The molecule has 3 rings (SSSR count). The Morgan fingerprint density at radius 1 is 0.857 bits per heavy atom. The summed E-state index contributed by atoms with van der Waals surface area (Å²) in [5.74, 6) is 1.31. The number of nitrogens with one attached hydrogen (secondary N) is 2. The molecule has 0 bridgehead atoms. The van der Waals surface area contributed by atoms with Crippen molar-refractivity contribution in [1.82, 2.24) is 10.2 Å². The van der Waals surface area contributed by atoms with Crippen molar-refractivity contribution < 1.29 is 13.2 Å². The van der Waals surface area contributed by atoms with E-state index in [9.17, 15) is 8.42 Å². The fourth-order valence-electron chi connectivity index (χ4n) is 2.77. The molecule has 7 nitrogen and oxygen atoms in total. The second kappa shape index (κ2) is 7.85. The summed E-state index contributed by atoms with van der Waals surface area (Å²) in [6, 6.07) is 14.3. The quantitative estimate of drug-likeness (QED) is 0.653. The molecule has 1 aromatic heterocycles. The number of rotatable bonds is 6. The zero-order valence-corrected chi connectivity index (χ0v) is 17.0. The minimum absolute atomic E-state index is 0.142. The van der Waals surface area contributed by atoms with Gasteiger partial charge in [-0.3, -0.25) is 4.72 Å². The lowest BCUT2D eigenvalue weighted by atomic mass is 10.1. The van der Waals surface area contributed by atoms with Crippen LogP contribution in [-0.4, -0.2) is 25.7 Å². The van der Waals surface area contributed by atoms with Crippen molar-refractivity contribution >= 4 is 27.3 Å². The minimum Gasteiger partial charge on any atom is -0.496 e. The largest absolute Gasteiger partial charge is 0.496 e. The second-order valence-corrected chi connectivity index (χ2v) is 8.09. The topological polar surface area (TPSA) is 93.2 Å². The fraction of sp³-hybridized carbons (Fsp3) is 0.200. The monoisotopic (exact) mass is 398 g/mol. The number of hydrogen-bond acceptors (Lipinski definition) is 6. The molecule has 0 unspecified atom stereocenters. The summed E-state index contributed by atoms with van der Waals surface area (Å²) in [6.07, 6.45) is 0. The summed E-state index contributed by atoms with van der Waals surface area (Å²) in [5, 5.41) is 11.2. The molecule has 8 heteroatoms. The fourth-order valence-corrected chi connectivity index (χ4v) is 4.08. The first-order chi connectivity index (χ1) is 13.3. The molecular formula is C20H22N4O3S. The van der Waals surface area contributed by atoms with Crippen molar-refractivity contribution in [2.45, 2.75) is 25.7 Å². The SMILES string of the molecule is COc1cc(C)c(S(=O)(=O)Nc2ccc(Nc3ccccc3C)nn2)cc1C. The molecule has 0 aliphatic heterocycles. The maximum atomic E-state index is 12.8. The predicted molar refractivity (Wildman–Crippen MR) is 110 cm³/mol. The van der Waals surface area contributed by atoms with Crippen LogP contribution in [0.25, 0.3) is 0 Å². The summed E-state index contributed by atoms with van der Waals surface area (Å²) in [5.41, 5.74) is 3.30. The number of nitrogens with zero attached hydrogens (tertiary/aromatic N) is 2. The van der Waals surface area contributed by atoms with Crippen LogP contribution in [0.5, 0.6) is 5.75 Å². The summed E-state index contributed by atoms with van der Waals surface area (Å²) in [6.45, 7) is 5.50. The van der Waals surface area contributed by atoms with Crippen molar-refractivity contribution in [2.75, 3.05) is 17.1 Å². The molecule has 2 N–H and O–H groups in total. The lowest BCUT2D eigenvalue weighted by Gasteiger charge is -2.13. The smallest absolute Gasteiger partial charge is 0.263 e. The van der Waals surface area contributed by atoms with Crippen LogP contribution in [0.1, 0.15) is 16.7 Å². The van der Waals surface area contributed by atoms with Gasteiger partial charge in [-0.1, -0.05) is 18.2 Å². The molecule has 0 atom stereocenters. The number of sulfonamides is 1. The Morgan fingerprint density at radius 3 is 2.18 bits per heavy atom. The zero-order chi connectivity index (χ0) is 20.3. The van der Waals surface area contributed by atoms with E-state index in [1.54, 1.807) is 45.2 Å². The van der Waals surface area contributed by atoms with E-state index in [0.717, 1.165) is 16.8 Å². The highest BCUT2D eigenvalue weighted by Crippen LogP contribution is 2.27. The van der Waals surface area contributed by atoms with E-state index in [1.807, 2.05) is 31.2 Å². The van der Waals surface area contributed by atoms with Gasteiger partial charge in [-0.15, -0.1) is 10.2 Å². The molecule has 3 aromatic rings. The Labute approximate surface area is 164 Å². The van der Waals surface area contributed by atoms with Gasteiger partial charge >= 0.3 is 0 Å². The Kier molecular flexibility index (Phi) is 5.51. The molecule has 0 saturated heterocycles. The van der Waals surface area contributed by atoms with Gasteiger partial charge in [0.25, 0.3) is 10.0 Å². The highest BCUT2D eigenvalue weighted by atomic mass is 32.2. The molecule has 0 aliphatic rings. The third-order valence-electron chi connectivity index (χ3n) is 4.29. The normalized spacial score (nSPS) is 11.1. The lowest BCUT2D eigenvalue weighted by Crippen LogP contribution is -2.16. The van der Waals surface area contributed by atoms with Gasteiger partial charge in [0.05, 0.1) is 12.0 Å². The molecule has 0 saturated carbocycles. The van der Waals surface area contributed by atoms with Crippen LogP contribution in [0.2, 0.25) is 0 Å². The van der Waals surface area contributed by atoms with E-state index in [2.05, 4.69) is 20.2 Å². The standard InChI is InChI=1S/C20H22N4O3S/c1-13-7-5-6-8-16(13)21-19-9-10-20(23-22-19)24-28(25,26)18-12-14(2)17(27-4)11-15(18)3/h5-12H,1-4H3,(H,21,22)(H,23,24). The zero-order valence-electron chi connectivity index (χ0n) is 16.1. The van der Waals surface area contributed by atoms with Crippen LogP contribution in [0.3, 0.4) is 0 Å². The summed E-state index contributed by atoms with van der Waals surface area (Å²) in [4.78, 5) is 0.176. The predicted octanol–water partition coefficient (Wildman–Crippen LogP) is 3.95. The van der Waals surface area contributed by atoms with Crippen LogP contribution in [0.15, 0.2) is 53.4 Å². The van der Waals surface area contributed by atoms with Gasteiger partial charge in [0.1, 0.15) is 5.75 Å². The first-order valence-corrected chi connectivity index (χ1v) is 10.1. The average molecular weight is 398 g/mol. The van der Waals surface area contributed by atoms with Crippen LogP contribution in [0, 0.1) is 20.8 Å². The Hall–Kier alpha value is -3.13. The molecule has 146 valence electrons. The number of aryl methyl sites for hydroxylation is 3. The Morgan fingerprint density at radius 2 is 1.54 bits per heavy atom. The van der Waals surface area contributed by atoms with Gasteiger partial charge in [-0.25, -0.2) is 8.42 Å². The first-order valence-electron chi connectivity index (χ1n) is 8.64. The number of aromatic nitrogens is 2. The van der Waals surface area contributed by atoms with E-state index >= 15 is 0 Å². The molecule has 0 spiro atoms. The van der Waals surface area contributed by atoms with Gasteiger partial charge < -0.3 is 10.1 Å². The van der Waals surface area contributed by atoms with E-state index in [-0.39, 0.29) is 10.7 Å². The molecule has 1 heterocycles. The molecule has 0 radical (unpaired) electrons. The summed E-state index contributed by atoms with van der Waals surface area (Å²) < 4.78 is 33.2. The number of hydrogen-bond donors (Lipinski definition) is 2. The van der Waals surface area contributed by atoms with Crippen molar-refractivity contribution in [2.24, 2.45) is 0 Å². The molecule has 2 aromatic carbocycles. The molecule has 0 fully saturated rings. The third-order valence-corrected chi connectivity index (χ3v) is 5.79. The molecule has 0 amide bonds. The van der Waals surface area contributed by atoms with E-state index in [0.29, 0.717) is 17.1 Å². The van der Waals surface area contributed by atoms with Gasteiger partial charge in [0.2, 0.25) is 0 Å². The molecule has 0 aliphatic carbocycles.